The number of carbonyl (C=O) groups is 1. The third-order valence-corrected chi connectivity index (χ3v) is 8.20. The minimum Gasteiger partial charge on any atom is -0.325 e. The Morgan fingerprint density at radius 1 is 1.00 bits per heavy atom. The van der Waals surface area contributed by atoms with Crippen LogP contribution >= 0.6 is 23.4 Å². The first-order chi connectivity index (χ1) is 16.9. The molecule has 3 aromatic carbocycles. The van der Waals surface area contributed by atoms with Crippen molar-refractivity contribution in [2.45, 2.75) is 16.6 Å². The van der Waals surface area contributed by atoms with Gasteiger partial charge >= 0.3 is 0 Å². The minimum absolute atomic E-state index is 0.0415. The van der Waals surface area contributed by atoms with Gasteiger partial charge in [-0.15, -0.1) is 0 Å². The predicted molar refractivity (Wildman–Crippen MR) is 138 cm³/mol. The predicted octanol–water partition coefficient (Wildman–Crippen LogP) is 5.24. The van der Waals surface area contributed by atoms with E-state index in [4.69, 9.17) is 11.6 Å². The van der Waals surface area contributed by atoms with Crippen LogP contribution in [0.2, 0.25) is 5.02 Å². The van der Waals surface area contributed by atoms with Crippen molar-refractivity contribution in [3.8, 4) is 11.3 Å². The Morgan fingerprint density at radius 3 is 2.57 bits per heavy atom. The number of anilines is 2. The number of para-hydroxylation sites is 1. The molecule has 4 aromatic rings. The summed E-state index contributed by atoms with van der Waals surface area (Å²) in [5, 5.41) is 3.61. The van der Waals surface area contributed by atoms with Gasteiger partial charge in [-0.3, -0.25) is 9.10 Å². The molecule has 0 fully saturated rings. The van der Waals surface area contributed by atoms with Gasteiger partial charge in [0.1, 0.15) is 4.90 Å². The Labute approximate surface area is 212 Å². The molecule has 0 atom stereocenters. The number of nitrogens with zero attached hydrogens (tertiary/aromatic N) is 3. The van der Waals surface area contributed by atoms with E-state index >= 15 is 0 Å². The summed E-state index contributed by atoms with van der Waals surface area (Å²) < 4.78 is 28.5. The zero-order valence-electron chi connectivity index (χ0n) is 18.3. The topological polar surface area (TPSA) is 92.3 Å². The normalized spacial score (nSPS) is 13.6. The number of benzene rings is 3. The number of carbonyl (C=O) groups excluding carboxylic acids is 1. The molecule has 1 aliphatic rings. The molecule has 1 N–H and O–H groups in total. The van der Waals surface area contributed by atoms with Crippen molar-refractivity contribution in [3.05, 3.63) is 95.6 Å². The van der Waals surface area contributed by atoms with Gasteiger partial charge in [0, 0.05) is 16.3 Å². The Bertz CT molecular complexity index is 1510. The van der Waals surface area contributed by atoms with E-state index in [0.717, 1.165) is 17.3 Å². The zero-order valence-corrected chi connectivity index (χ0v) is 20.6. The third kappa shape index (κ3) is 4.88. The second-order valence-corrected chi connectivity index (χ2v) is 10.9. The van der Waals surface area contributed by atoms with Crippen LogP contribution in [0, 0.1) is 0 Å². The molecule has 2 heterocycles. The molecule has 0 bridgehead atoms. The maximum absolute atomic E-state index is 13.5. The average molecular weight is 523 g/mol. The van der Waals surface area contributed by atoms with Crippen molar-refractivity contribution >= 4 is 50.7 Å². The lowest BCUT2D eigenvalue weighted by Crippen LogP contribution is -2.34. The molecule has 0 radical (unpaired) electrons. The second kappa shape index (κ2) is 9.69. The largest absolute Gasteiger partial charge is 0.325 e. The summed E-state index contributed by atoms with van der Waals surface area (Å²) in [5.41, 5.74) is 3.04. The quantitative estimate of drug-likeness (QED) is 0.275. The van der Waals surface area contributed by atoms with Gasteiger partial charge in [0.05, 0.1) is 29.9 Å². The lowest BCUT2D eigenvalue weighted by Gasteiger charge is -2.31. The van der Waals surface area contributed by atoms with Gasteiger partial charge in [0.2, 0.25) is 5.91 Å². The number of hydrogen-bond donors (Lipinski definition) is 1. The highest BCUT2D eigenvalue weighted by molar-refractivity contribution is 7.99. The maximum atomic E-state index is 13.5. The van der Waals surface area contributed by atoms with E-state index in [9.17, 15) is 13.2 Å². The fourth-order valence-corrected chi connectivity index (χ4v) is 6.12. The smallest absolute Gasteiger partial charge is 0.268 e. The first kappa shape index (κ1) is 23.3. The van der Waals surface area contributed by atoms with Crippen LogP contribution in [-0.2, 0) is 21.4 Å². The van der Waals surface area contributed by atoms with Crippen LogP contribution in [0.4, 0.5) is 11.4 Å². The van der Waals surface area contributed by atoms with Gasteiger partial charge in [0.25, 0.3) is 10.0 Å². The number of nitrogens with one attached hydrogen (secondary N) is 1. The van der Waals surface area contributed by atoms with E-state index in [0.29, 0.717) is 32.8 Å². The SMILES string of the molecule is O=C(CSc1ncc2c(n1)-c1ccccc1N(Cc1ccccc1)S2(=O)=O)Nc1cccc(Cl)c1. The molecular weight excluding hydrogens is 504 g/mol. The number of aromatic nitrogens is 2. The molecule has 0 unspecified atom stereocenters. The van der Waals surface area contributed by atoms with Crippen LogP contribution in [0.3, 0.4) is 0 Å². The highest BCUT2D eigenvalue weighted by Gasteiger charge is 2.36. The van der Waals surface area contributed by atoms with Gasteiger partial charge < -0.3 is 5.32 Å². The Hall–Kier alpha value is -3.40. The second-order valence-electron chi connectivity index (χ2n) is 7.73. The number of sulfonamides is 1. The number of amides is 1. The van der Waals surface area contributed by atoms with Crippen LogP contribution in [0.1, 0.15) is 5.56 Å². The van der Waals surface area contributed by atoms with Crippen LogP contribution < -0.4 is 9.62 Å². The van der Waals surface area contributed by atoms with E-state index in [-0.39, 0.29) is 23.1 Å². The molecular formula is C25H19ClN4O3S2. The highest BCUT2D eigenvalue weighted by atomic mass is 35.5. The van der Waals surface area contributed by atoms with Crippen molar-refractivity contribution in [2.75, 3.05) is 15.4 Å². The summed E-state index contributed by atoms with van der Waals surface area (Å²) in [6.07, 6.45) is 1.32. The highest BCUT2D eigenvalue weighted by Crippen LogP contribution is 2.42. The monoisotopic (exact) mass is 522 g/mol. The summed E-state index contributed by atoms with van der Waals surface area (Å²) >= 11 is 7.09. The third-order valence-electron chi connectivity index (χ3n) is 5.34. The molecule has 7 nitrogen and oxygen atoms in total. The minimum atomic E-state index is -3.88. The van der Waals surface area contributed by atoms with Crippen molar-refractivity contribution < 1.29 is 13.2 Å². The molecule has 1 amide bonds. The van der Waals surface area contributed by atoms with Crippen molar-refractivity contribution in [1.29, 1.82) is 0 Å². The Morgan fingerprint density at radius 2 is 1.77 bits per heavy atom. The molecule has 0 saturated heterocycles. The number of thioether (sulfide) groups is 1. The van der Waals surface area contributed by atoms with Crippen LogP contribution in [0.15, 0.2) is 95.1 Å². The van der Waals surface area contributed by atoms with Gasteiger partial charge in [-0.1, -0.05) is 78.0 Å². The Balaban J connectivity index is 1.41. The fraction of sp³-hybridized carbons (Fsp3) is 0.0800. The van der Waals surface area contributed by atoms with Gasteiger partial charge in [-0.2, -0.15) is 0 Å². The molecule has 10 heteroatoms. The van der Waals surface area contributed by atoms with Crippen LogP contribution in [0.5, 0.6) is 0 Å². The molecule has 0 saturated carbocycles. The van der Waals surface area contributed by atoms with Gasteiger partial charge in [0.15, 0.2) is 5.16 Å². The number of halogens is 1. The molecule has 0 spiro atoms. The zero-order chi connectivity index (χ0) is 24.4. The number of fused-ring (bicyclic) bond motifs is 3. The molecule has 5 rings (SSSR count). The molecule has 35 heavy (non-hydrogen) atoms. The number of rotatable bonds is 6. The van der Waals surface area contributed by atoms with Gasteiger partial charge in [-0.25, -0.2) is 18.4 Å². The van der Waals surface area contributed by atoms with Crippen molar-refractivity contribution in [1.82, 2.24) is 9.97 Å². The van der Waals surface area contributed by atoms with E-state index in [1.54, 1.807) is 36.4 Å². The fourth-order valence-electron chi connectivity index (χ4n) is 3.76. The lowest BCUT2D eigenvalue weighted by molar-refractivity contribution is -0.113. The summed E-state index contributed by atoms with van der Waals surface area (Å²) in [6.45, 7) is 0.194. The van der Waals surface area contributed by atoms with Crippen LogP contribution in [0.25, 0.3) is 11.3 Å². The molecule has 1 aromatic heterocycles. The van der Waals surface area contributed by atoms with Crippen LogP contribution in [-0.4, -0.2) is 30.0 Å². The molecule has 176 valence electrons. The average Bonchev–Trinajstić information content (AvgIpc) is 2.86. The first-order valence-electron chi connectivity index (χ1n) is 10.6. The van der Waals surface area contributed by atoms with Crippen molar-refractivity contribution in [2.24, 2.45) is 0 Å². The molecule has 1 aliphatic heterocycles. The Kier molecular flexibility index (Phi) is 6.46. The van der Waals surface area contributed by atoms with E-state index in [2.05, 4.69) is 15.3 Å². The van der Waals surface area contributed by atoms with E-state index in [1.807, 2.05) is 42.5 Å². The summed E-state index contributed by atoms with van der Waals surface area (Å²) in [7, 11) is -3.88. The first-order valence-corrected chi connectivity index (χ1v) is 13.4. The summed E-state index contributed by atoms with van der Waals surface area (Å²) in [4.78, 5) is 21.2. The maximum Gasteiger partial charge on any atom is 0.268 e. The van der Waals surface area contributed by atoms with Gasteiger partial charge in [-0.05, 0) is 29.8 Å². The summed E-state index contributed by atoms with van der Waals surface area (Å²) in [6, 6.07) is 23.5. The molecule has 0 aliphatic carbocycles. The number of hydrogen-bond acceptors (Lipinski definition) is 6. The van der Waals surface area contributed by atoms with E-state index in [1.165, 1.54) is 10.5 Å². The van der Waals surface area contributed by atoms with Crippen molar-refractivity contribution in [3.63, 3.8) is 0 Å². The lowest BCUT2D eigenvalue weighted by atomic mass is 10.1. The van der Waals surface area contributed by atoms with E-state index < -0.39 is 10.0 Å². The standard InChI is InChI=1S/C25H19ClN4O3S2/c26-18-9-6-10-19(13-18)28-23(31)16-34-25-27-14-22-24(29-25)20-11-4-5-12-21(20)30(35(22,32)33)15-17-7-2-1-3-8-17/h1-14H,15-16H2,(H,28,31). The summed E-state index contributed by atoms with van der Waals surface area (Å²) in [5.74, 6) is -0.194.